The van der Waals surface area contributed by atoms with Crippen molar-refractivity contribution in [3.05, 3.63) is 41.2 Å². The number of hydrogen-bond donors (Lipinski definition) is 3. The van der Waals surface area contributed by atoms with E-state index in [1.165, 1.54) is 6.07 Å². The predicted molar refractivity (Wildman–Crippen MR) is 89.1 cm³/mol. The average Bonchev–Trinajstić information content (AvgIpc) is 3.00. The number of carbonyl (C=O) groups is 1. The first kappa shape index (κ1) is 18.3. The van der Waals surface area contributed by atoms with Crippen LogP contribution >= 0.6 is 0 Å². The fourth-order valence-corrected chi connectivity index (χ4v) is 3.06. The highest BCUT2D eigenvalue weighted by Crippen LogP contribution is 2.36. The van der Waals surface area contributed by atoms with E-state index in [0.717, 1.165) is 18.0 Å². The topological polar surface area (TPSA) is 110 Å². The molecule has 0 atom stereocenters. The molecule has 1 fully saturated rings. The molecule has 26 heavy (non-hydrogen) atoms. The normalized spacial score (nSPS) is 19.2. The van der Waals surface area contributed by atoms with Gasteiger partial charge in [-0.05, 0) is 31.0 Å². The smallest absolute Gasteiger partial charge is 0.251 e. The third kappa shape index (κ3) is 3.68. The van der Waals surface area contributed by atoms with Gasteiger partial charge in [-0.1, -0.05) is 0 Å². The molecule has 1 amide bonds. The van der Waals surface area contributed by atoms with Gasteiger partial charge in [-0.25, -0.2) is 4.39 Å². The Labute approximate surface area is 149 Å². The van der Waals surface area contributed by atoms with Crippen LogP contribution in [0.2, 0.25) is 0 Å². The zero-order valence-corrected chi connectivity index (χ0v) is 14.4. The van der Waals surface area contributed by atoms with Crippen molar-refractivity contribution >= 4 is 5.91 Å². The first-order valence-electron chi connectivity index (χ1n) is 8.34. The number of nitrogens with one attached hydrogen (secondary N) is 1. The van der Waals surface area contributed by atoms with Crippen LogP contribution in [0.3, 0.4) is 0 Å². The van der Waals surface area contributed by atoms with Crippen molar-refractivity contribution in [1.82, 2.24) is 20.1 Å². The van der Waals surface area contributed by atoms with E-state index in [2.05, 4.69) is 15.5 Å². The first-order valence-corrected chi connectivity index (χ1v) is 8.34. The van der Waals surface area contributed by atoms with E-state index in [9.17, 15) is 19.4 Å². The number of hydrogen-bond acceptors (Lipinski definition) is 6. The highest BCUT2D eigenvalue weighted by molar-refractivity contribution is 5.94. The average molecular weight is 364 g/mol. The van der Waals surface area contributed by atoms with Crippen molar-refractivity contribution in [1.29, 1.82) is 0 Å². The Morgan fingerprint density at radius 1 is 1.42 bits per heavy atom. The lowest BCUT2D eigenvalue weighted by molar-refractivity contribution is 0.0905. The Balaban J connectivity index is 1.59. The number of benzene rings is 1. The van der Waals surface area contributed by atoms with E-state index < -0.39 is 11.6 Å². The summed E-state index contributed by atoms with van der Waals surface area (Å²) in [5.41, 5.74) is 0.162. The minimum Gasteiger partial charge on any atom is -0.505 e. The number of aromatic hydroxyl groups is 1. The fourth-order valence-electron chi connectivity index (χ4n) is 3.06. The fraction of sp³-hybridized carbons (Fsp3) is 0.471. The Morgan fingerprint density at radius 2 is 2.19 bits per heavy atom. The number of rotatable bonds is 7. The minimum atomic E-state index is -0.827. The van der Waals surface area contributed by atoms with Crippen LogP contribution in [0.1, 0.15) is 40.8 Å². The summed E-state index contributed by atoms with van der Waals surface area (Å²) in [6.07, 6.45) is 1.37. The number of aromatic nitrogens is 3. The SMILES string of the molecule is COCCn1c(CO)nnc1C1CC(NC(=O)c2ccc(O)c(F)c2)C1. The Hall–Kier alpha value is -2.52. The summed E-state index contributed by atoms with van der Waals surface area (Å²) >= 11 is 0. The van der Waals surface area contributed by atoms with Crippen LogP contribution in [0.15, 0.2) is 18.2 Å². The van der Waals surface area contributed by atoms with Crippen molar-refractivity contribution < 1.29 is 24.1 Å². The molecule has 9 heteroatoms. The molecule has 8 nitrogen and oxygen atoms in total. The van der Waals surface area contributed by atoms with Crippen LogP contribution in [0.4, 0.5) is 4.39 Å². The van der Waals surface area contributed by atoms with Gasteiger partial charge in [0.05, 0.1) is 6.61 Å². The van der Waals surface area contributed by atoms with Gasteiger partial charge in [0.15, 0.2) is 17.4 Å². The molecule has 0 aliphatic heterocycles. The van der Waals surface area contributed by atoms with Gasteiger partial charge in [-0.3, -0.25) is 4.79 Å². The zero-order valence-electron chi connectivity index (χ0n) is 14.4. The number of halogens is 1. The van der Waals surface area contributed by atoms with E-state index in [4.69, 9.17) is 4.74 Å². The number of aliphatic hydroxyl groups excluding tert-OH is 1. The number of nitrogens with zero attached hydrogens (tertiary/aromatic N) is 3. The van der Waals surface area contributed by atoms with Gasteiger partial charge in [-0.15, -0.1) is 10.2 Å². The van der Waals surface area contributed by atoms with E-state index >= 15 is 0 Å². The molecule has 0 spiro atoms. The van der Waals surface area contributed by atoms with Crippen LogP contribution in [-0.2, 0) is 17.9 Å². The van der Waals surface area contributed by atoms with Crippen LogP contribution in [0, 0.1) is 5.82 Å². The highest BCUT2D eigenvalue weighted by Gasteiger charge is 2.35. The van der Waals surface area contributed by atoms with E-state index in [0.29, 0.717) is 31.8 Å². The third-order valence-electron chi connectivity index (χ3n) is 4.56. The van der Waals surface area contributed by atoms with E-state index in [1.807, 2.05) is 4.57 Å². The van der Waals surface area contributed by atoms with Crippen molar-refractivity contribution in [2.24, 2.45) is 0 Å². The molecule has 1 heterocycles. The molecule has 1 aromatic heterocycles. The molecule has 2 aromatic rings. The summed E-state index contributed by atoms with van der Waals surface area (Å²) in [6.45, 7) is 0.836. The summed E-state index contributed by atoms with van der Waals surface area (Å²) in [7, 11) is 1.60. The molecule has 0 bridgehead atoms. The molecule has 1 saturated carbocycles. The number of phenols is 1. The number of carbonyl (C=O) groups excluding carboxylic acids is 1. The second-order valence-electron chi connectivity index (χ2n) is 6.28. The maximum absolute atomic E-state index is 13.4. The molecular weight excluding hydrogens is 343 g/mol. The molecule has 1 aromatic carbocycles. The molecule has 1 aliphatic rings. The van der Waals surface area contributed by atoms with Gasteiger partial charge in [0, 0.05) is 31.2 Å². The van der Waals surface area contributed by atoms with Crippen LogP contribution in [-0.4, -0.2) is 50.6 Å². The molecule has 3 N–H and O–H groups in total. The molecule has 0 radical (unpaired) electrons. The summed E-state index contributed by atoms with van der Waals surface area (Å²) in [4.78, 5) is 12.2. The number of ether oxygens (including phenoxy) is 1. The molecule has 1 aliphatic carbocycles. The van der Waals surface area contributed by atoms with Crippen LogP contribution < -0.4 is 5.32 Å². The molecule has 0 unspecified atom stereocenters. The van der Waals surface area contributed by atoms with Crippen molar-refractivity contribution in [3.8, 4) is 5.75 Å². The Bertz CT molecular complexity index is 789. The second kappa shape index (κ2) is 7.79. The lowest BCUT2D eigenvalue weighted by Crippen LogP contribution is -2.44. The zero-order chi connectivity index (χ0) is 18.7. The van der Waals surface area contributed by atoms with Crippen molar-refractivity contribution in [2.45, 2.75) is 38.0 Å². The molecule has 3 rings (SSSR count). The first-order chi connectivity index (χ1) is 12.5. The largest absolute Gasteiger partial charge is 0.505 e. The lowest BCUT2D eigenvalue weighted by Gasteiger charge is -2.35. The highest BCUT2D eigenvalue weighted by atomic mass is 19.1. The van der Waals surface area contributed by atoms with Crippen LogP contribution in [0.25, 0.3) is 0 Å². The molecule has 140 valence electrons. The maximum atomic E-state index is 13.4. The number of aliphatic hydroxyl groups is 1. The summed E-state index contributed by atoms with van der Waals surface area (Å²) < 4.78 is 20.3. The number of methoxy groups -OCH3 is 1. The standard InChI is InChI=1S/C17H21FN4O4/c1-26-5-4-22-15(9-23)20-21-16(22)11-6-12(7-11)19-17(25)10-2-3-14(24)13(18)8-10/h2-3,8,11-12,23-24H,4-7,9H2,1H3,(H,19,25). The lowest BCUT2D eigenvalue weighted by atomic mass is 9.79. The molecular formula is C17H21FN4O4. The minimum absolute atomic E-state index is 0.0467. The number of phenolic OH excluding ortho intramolecular Hbond substituents is 1. The van der Waals surface area contributed by atoms with Gasteiger partial charge >= 0.3 is 0 Å². The summed E-state index contributed by atoms with van der Waals surface area (Å²) in [5, 5.41) is 29.6. The van der Waals surface area contributed by atoms with Gasteiger partial charge in [-0.2, -0.15) is 0 Å². The third-order valence-corrected chi connectivity index (χ3v) is 4.56. The van der Waals surface area contributed by atoms with E-state index in [-0.39, 0.29) is 30.0 Å². The summed E-state index contributed by atoms with van der Waals surface area (Å²) in [5.74, 6) is -0.311. The maximum Gasteiger partial charge on any atom is 0.251 e. The Morgan fingerprint density at radius 3 is 2.85 bits per heavy atom. The Kier molecular flexibility index (Phi) is 5.48. The second-order valence-corrected chi connectivity index (χ2v) is 6.28. The van der Waals surface area contributed by atoms with Gasteiger partial charge in [0.1, 0.15) is 12.4 Å². The van der Waals surface area contributed by atoms with Gasteiger partial charge in [0.2, 0.25) is 0 Å². The summed E-state index contributed by atoms with van der Waals surface area (Å²) in [6, 6.07) is 3.49. The number of amides is 1. The van der Waals surface area contributed by atoms with Crippen molar-refractivity contribution in [3.63, 3.8) is 0 Å². The van der Waals surface area contributed by atoms with Crippen molar-refractivity contribution in [2.75, 3.05) is 13.7 Å². The predicted octanol–water partition coefficient (Wildman–Crippen LogP) is 0.937. The van der Waals surface area contributed by atoms with Gasteiger partial charge in [0.25, 0.3) is 5.91 Å². The van der Waals surface area contributed by atoms with Gasteiger partial charge < -0.3 is 24.8 Å². The molecule has 0 saturated heterocycles. The quantitative estimate of drug-likeness (QED) is 0.675. The van der Waals surface area contributed by atoms with E-state index in [1.54, 1.807) is 7.11 Å². The monoisotopic (exact) mass is 364 g/mol. The van der Waals surface area contributed by atoms with Crippen LogP contribution in [0.5, 0.6) is 5.75 Å².